The second-order valence-electron chi connectivity index (χ2n) is 4.67. The summed E-state index contributed by atoms with van der Waals surface area (Å²) >= 11 is 0. The molecular formula is C13H30N4O2. The number of hydrogen-bond donors (Lipinski definition) is 3. The SMILES string of the molecule is CCOCCCNC(=NCCCOCC(C)C)NN. The molecule has 0 bridgehead atoms. The summed E-state index contributed by atoms with van der Waals surface area (Å²) < 4.78 is 10.7. The van der Waals surface area contributed by atoms with E-state index in [0.29, 0.717) is 18.4 Å². The Kier molecular flexibility index (Phi) is 13.0. The fourth-order valence-corrected chi connectivity index (χ4v) is 1.35. The number of hydrogen-bond acceptors (Lipinski definition) is 4. The Balaban J connectivity index is 3.51. The molecule has 0 aromatic carbocycles. The maximum absolute atomic E-state index is 5.48. The Morgan fingerprint density at radius 1 is 1.21 bits per heavy atom. The normalized spacial score (nSPS) is 11.9. The highest BCUT2D eigenvalue weighted by Gasteiger charge is 1.96. The minimum atomic E-state index is 0.580. The Hall–Kier alpha value is -0.850. The van der Waals surface area contributed by atoms with Crippen LogP contribution < -0.4 is 16.6 Å². The number of nitrogens with zero attached hydrogens (tertiary/aromatic N) is 1. The third-order valence-electron chi connectivity index (χ3n) is 2.27. The Bertz CT molecular complexity index is 223. The number of nitrogens with two attached hydrogens (primary N) is 1. The monoisotopic (exact) mass is 274 g/mol. The third kappa shape index (κ3) is 13.4. The van der Waals surface area contributed by atoms with E-state index in [4.69, 9.17) is 15.3 Å². The number of guanidine groups is 1. The molecule has 0 aromatic heterocycles. The lowest BCUT2D eigenvalue weighted by molar-refractivity contribution is 0.109. The summed E-state index contributed by atoms with van der Waals surface area (Å²) in [6, 6.07) is 0. The molecule has 0 saturated heterocycles. The molecule has 4 N–H and O–H groups in total. The van der Waals surface area contributed by atoms with Gasteiger partial charge in [0.25, 0.3) is 0 Å². The average molecular weight is 274 g/mol. The van der Waals surface area contributed by atoms with Gasteiger partial charge in [0.05, 0.1) is 0 Å². The van der Waals surface area contributed by atoms with Crippen molar-refractivity contribution in [1.82, 2.24) is 10.7 Å². The zero-order chi connectivity index (χ0) is 14.3. The van der Waals surface area contributed by atoms with Gasteiger partial charge in [-0.1, -0.05) is 13.8 Å². The van der Waals surface area contributed by atoms with E-state index in [1.54, 1.807) is 0 Å². The molecule has 0 aromatic rings. The predicted molar refractivity (Wildman–Crippen MR) is 79.0 cm³/mol. The van der Waals surface area contributed by atoms with Gasteiger partial charge in [-0.3, -0.25) is 10.4 Å². The van der Waals surface area contributed by atoms with Crippen molar-refractivity contribution in [3.63, 3.8) is 0 Å². The summed E-state index contributed by atoms with van der Waals surface area (Å²) in [6.45, 7) is 10.8. The summed E-state index contributed by atoms with van der Waals surface area (Å²) in [7, 11) is 0. The molecule has 0 saturated carbocycles. The lowest BCUT2D eigenvalue weighted by Gasteiger charge is -2.09. The van der Waals surface area contributed by atoms with E-state index in [9.17, 15) is 0 Å². The fraction of sp³-hybridized carbons (Fsp3) is 0.923. The van der Waals surface area contributed by atoms with E-state index in [2.05, 4.69) is 29.6 Å². The second-order valence-corrected chi connectivity index (χ2v) is 4.67. The molecule has 6 heteroatoms. The van der Waals surface area contributed by atoms with Crippen LogP contribution in [0.4, 0.5) is 0 Å². The predicted octanol–water partition coefficient (Wildman–Crippen LogP) is 0.885. The maximum atomic E-state index is 5.48. The minimum Gasteiger partial charge on any atom is -0.382 e. The number of nitrogens with one attached hydrogen (secondary N) is 2. The zero-order valence-corrected chi connectivity index (χ0v) is 12.6. The van der Waals surface area contributed by atoms with Crippen molar-refractivity contribution in [3.8, 4) is 0 Å². The smallest absolute Gasteiger partial charge is 0.205 e. The first-order valence-corrected chi connectivity index (χ1v) is 7.11. The molecule has 0 rings (SSSR count). The molecule has 19 heavy (non-hydrogen) atoms. The van der Waals surface area contributed by atoms with Gasteiger partial charge in [-0.15, -0.1) is 0 Å². The van der Waals surface area contributed by atoms with Crippen molar-refractivity contribution in [2.24, 2.45) is 16.8 Å². The van der Waals surface area contributed by atoms with Crippen LogP contribution in [0.15, 0.2) is 4.99 Å². The van der Waals surface area contributed by atoms with E-state index in [-0.39, 0.29) is 0 Å². The van der Waals surface area contributed by atoms with Crippen molar-refractivity contribution in [2.45, 2.75) is 33.6 Å². The minimum absolute atomic E-state index is 0.580. The molecular weight excluding hydrogens is 244 g/mol. The molecule has 114 valence electrons. The second kappa shape index (κ2) is 13.6. The van der Waals surface area contributed by atoms with Crippen molar-refractivity contribution in [3.05, 3.63) is 0 Å². The highest BCUT2D eigenvalue weighted by atomic mass is 16.5. The molecule has 0 atom stereocenters. The molecule has 0 spiro atoms. The molecule has 0 amide bonds. The highest BCUT2D eigenvalue weighted by Crippen LogP contribution is 1.93. The van der Waals surface area contributed by atoms with E-state index in [0.717, 1.165) is 45.8 Å². The number of ether oxygens (including phenoxy) is 2. The summed E-state index contributed by atoms with van der Waals surface area (Å²) in [5.41, 5.74) is 2.56. The maximum Gasteiger partial charge on any atom is 0.205 e. The molecule has 0 aliphatic rings. The van der Waals surface area contributed by atoms with Crippen LogP contribution in [0.1, 0.15) is 33.6 Å². The molecule has 0 aliphatic carbocycles. The Morgan fingerprint density at radius 2 is 1.95 bits per heavy atom. The van der Waals surface area contributed by atoms with Crippen LogP contribution in [-0.2, 0) is 9.47 Å². The van der Waals surface area contributed by atoms with Gasteiger partial charge in [0.1, 0.15) is 0 Å². The van der Waals surface area contributed by atoms with Gasteiger partial charge in [0, 0.05) is 39.5 Å². The molecule has 0 aliphatic heterocycles. The highest BCUT2D eigenvalue weighted by molar-refractivity contribution is 5.79. The van der Waals surface area contributed by atoms with Gasteiger partial charge in [0.2, 0.25) is 5.96 Å². The van der Waals surface area contributed by atoms with Gasteiger partial charge in [-0.05, 0) is 25.7 Å². The number of rotatable bonds is 11. The Morgan fingerprint density at radius 3 is 2.58 bits per heavy atom. The van der Waals surface area contributed by atoms with Crippen LogP contribution in [0, 0.1) is 5.92 Å². The van der Waals surface area contributed by atoms with Crippen molar-refractivity contribution in [1.29, 1.82) is 0 Å². The summed E-state index contributed by atoms with van der Waals surface area (Å²) in [4.78, 5) is 4.33. The van der Waals surface area contributed by atoms with Crippen LogP contribution in [0.3, 0.4) is 0 Å². The lowest BCUT2D eigenvalue weighted by Crippen LogP contribution is -2.42. The van der Waals surface area contributed by atoms with Crippen LogP contribution in [0.25, 0.3) is 0 Å². The quantitative estimate of drug-likeness (QED) is 0.171. The summed E-state index contributed by atoms with van der Waals surface area (Å²) in [5.74, 6) is 6.59. The molecule has 6 nitrogen and oxygen atoms in total. The zero-order valence-electron chi connectivity index (χ0n) is 12.6. The van der Waals surface area contributed by atoms with Gasteiger partial charge in [-0.25, -0.2) is 5.84 Å². The molecule has 0 radical (unpaired) electrons. The van der Waals surface area contributed by atoms with Crippen LogP contribution in [0.2, 0.25) is 0 Å². The lowest BCUT2D eigenvalue weighted by atomic mass is 10.2. The van der Waals surface area contributed by atoms with Gasteiger partial charge >= 0.3 is 0 Å². The van der Waals surface area contributed by atoms with E-state index < -0.39 is 0 Å². The third-order valence-corrected chi connectivity index (χ3v) is 2.27. The fourth-order valence-electron chi connectivity index (χ4n) is 1.35. The summed E-state index contributed by atoms with van der Waals surface area (Å²) in [5, 5.41) is 3.13. The van der Waals surface area contributed by atoms with Crippen LogP contribution in [-0.4, -0.2) is 45.5 Å². The first-order chi connectivity index (χ1) is 9.20. The van der Waals surface area contributed by atoms with E-state index >= 15 is 0 Å². The first-order valence-electron chi connectivity index (χ1n) is 7.11. The standard InChI is InChI=1S/C13H30N4O2/c1-4-18-9-5-7-15-13(17-14)16-8-6-10-19-11-12(2)3/h12H,4-11,14H2,1-3H3,(H2,15,16,17). The average Bonchev–Trinajstić information content (AvgIpc) is 2.39. The van der Waals surface area contributed by atoms with Gasteiger partial charge < -0.3 is 14.8 Å². The van der Waals surface area contributed by atoms with E-state index in [1.807, 2.05) is 6.92 Å². The van der Waals surface area contributed by atoms with Crippen molar-refractivity contribution < 1.29 is 9.47 Å². The number of hydrazine groups is 1. The molecule has 0 fully saturated rings. The largest absolute Gasteiger partial charge is 0.382 e. The first kappa shape index (κ1) is 18.1. The van der Waals surface area contributed by atoms with Gasteiger partial charge in [0.15, 0.2) is 0 Å². The van der Waals surface area contributed by atoms with Crippen LogP contribution >= 0.6 is 0 Å². The van der Waals surface area contributed by atoms with Gasteiger partial charge in [-0.2, -0.15) is 0 Å². The molecule has 0 heterocycles. The van der Waals surface area contributed by atoms with Crippen molar-refractivity contribution in [2.75, 3.05) is 39.5 Å². The Labute approximate surface area is 117 Å². The topological polar surface area (TPSA) is 80.9 Å². The number of aliphatic imine (C=N–C) groups is 1. The van der Waals surface area contributed by atoms with Crippen molar-refractivity contribution >= 4 is 5.96 Å². The molecule has 0 unspecified atom stereocenters. The summed E-state index contributed by atoms with van der Waals surface area (Å²) in [6.07, 6.45) is 1.84. The van der Waals surface area contributed by atoms with Crippen LogP contribution in [0.5, 0.6) is 0 Å². The van der Waals surface area contributed by atoms with E-state index in [1.165, 1.54) is 0 Å².